The van der Waals surface area contributed by atoms with Crippen LogP contribution in [-0.4, -0.2) is 34.6 Å². The van der Waals surface area contributed by atoms with Crippen LogP contribution in [0.4, 0.5) is 0 Å². The maximum Gasteiger partial charge on any atom is 0.326 e. The molecule has 7 nitrogen and oxygen atoms in total. The van der Waals surface area contributed by atoms with E-state index < -0.39 is 17.9 Å². The summed E-state index contributed by atoms with van der Waals surface area (Å²) in [6.07, 6.45) is 7.79. The second-order valence-electron chi connectivity index (χ2n) is 11.9. The Kier molecular flexibility index (Phi) is 10.8. The molecule has 226 valence electrons. The van der Waals surface area contributed by atoms with E-state index in [1.165, 1.54) is 25.7 Å². The van der Waals surface area contributed by atoms with E-state index in [2.05, 4.69) is 38.0 Å². The summed E-state index contributed by atoms with van der Waals surface area (Å²) >= 11 is 0. The number of carboxylic acids is 1. The van der Waals surface area contributed by atoms with Gasteiger partial charge < -0.3 is 19.6 Å². The van der Waals surface area contributed by atoms with Gasteiger partial charge in [-0.15, -0.1) is 0 Å². The third-order valence-corrected chi connectivity index (χ3v) is 7.43. The van der Waals surface area contributed by atoms with Gasteiger partial charge in [-0.05, 0) is 71.5 Å². The number of carboxylic acid groups (broad SMARTS) is 1. The van der Waals surface area contributed by atoms with E-state index in [9.17, 15) is 14.7 Å². The minimum atomic E-state index is -1.09. The highest BCUT2D eigenvalue weighted by molar-refractivity contribution is 5.96. The van der Waals surface area contributed by atoms with Gasteiger partial charge in [-0.25, -0.2) is 9.78 Å². The summed E-state index contributed by atoms with van der Waals surface area (Å²) < 4.78 is 11.6. The maximum absolute atomic E-state index is 12.8. The Morgan fingerprint density at radius 2 is 1.53 bits per heavy atom. The van der Waals surface area contributed by atoms with Crippen molar-refractivity contribution in [1.82, 2.24) is 10.3 Å². The van der Waals surface area contributed by atoms with E-state index in [1.54, 1.807) is 18.4 Å². The second kappa shape index (κ2) is 14.7. The van der Waals surface area contributed by atoms with Crippen LogP contribution in [0.1, 0.15) is 81.3 Å². The van der Waals surface area contributed by atoms with Crippen molar-refractivity contribution >= 4 is 11.9 Å². The minimum Gasteiger partial charge on any atom is -0.494 e. The molecule has 0 bridgehead atoms. The van der Waals surface area contributed by atoms with Gasteiger partial charge >= 0.3 is 5.97 Å². The summed E-state index contributed by atoms with van der Waals surface area (Å²) in [7, 11) is 0. The monoisotopic (exact) mass is 582 g/mol. The summed E-state index contributed by atoms with van der Waals surface area (Å²) in [5.41, 5.74) is 4.67. The standard InChI is InChI=1S/C36H42N2O5/c1-5-6-7-8-9-22-42-30-20-16-26(17-21-30)32-24-43-34(38-32)28-12-10-25(11-13-28)23-31(35(40)41)37-33(39)27-14-18-29(19-15-27)36(2,3)4/h10-21,24,31H,5-9,22-23H2,1-4H3,(H,37,39)(H,40,41). The number of nitrogens with one attached hydrogen (secondary N) is 1. The molecule has 4 aromatic rings. The number of hydrogen-bond acceptors (Lipinski definition) is 5. The maximum atomic E-state index is 12.8. The molecule has 1 unspecified atom stereocenters. The molecular formula is C36H42N2O5. The van der Waals surface area contributed by atoms with E-state index in [1.807, 2.05) is 60.7 Å². The van der Waals surface area contributed by atoms with Crippen LogP contribution >= 0.6 is 0 Å². The summed E-state index contributed by atoms with van der Waals surface area (Å²) in [6, 6.07) is 21.4. The molecule has 0 aliphatic rings. The zero-order valence-corrected chi connectivity index (χ0v) is 25.6. The molecule has 1 heterocycles. The molecule has 4 rings (SSSR count). The molecule has 0 fully saturated rings. The number of aliphatic carboxylic acids is 1. The SMILES string of the molecule is CCCCCCCOc1ccc(-c2coc(-c3ccc(CC(NC(=O)c4ccc(C(C)(C)C)cc4)C(=O)O)cc3)n2)cc1. The van der Waals surface area contributed by atoms with Gasteiger partial charge in [0.15, 0.2) is 0 Å². The second-order valence-corrected chi connectivity index (χ2v) is 11.9. The number of oxazole rings is 1. The zero-order valence-electron chi connectivity index (χ0n) is 25.6. The minimum absolute atomic E-state index is 0.0365. The van der Waals surface area contributed by atoms with Crippen LogP contribution in [0.25, 0.3) is 22.7 Å². The first-order valence-corrected chi connectivity index (χ1v) is 15.1. The number of rotatable bonds is 14. The Balaban J connectivity index is 1.33. The van der Waals surface area contributed by atoms with Crippen molar-refractivity contribution in [3.8, 4) is 28.5 Å². The average molecular weight is 583 g/mol. The highest BCUT2D eigenvalue weighted by Gasteiger charge is 2.22. The first kappa shape index (κ1) is 31.5. The molecule has 1 atom stereocenters. The molecule has 43 heavy (non-hydrogen) atoms. The molecule has 0 spiro atoms. The average Bonchev–Trinajstić information content (AvgIpc) is 3.49. The third kappa shape index (κ3) is 9.05. The summed E-state index contributed by atoms with van der Waals surface area (Å²) in [5, 5.41) is 12.4. The number of amides is 1. The van der Waals surface area contributed by atoms with Gasteiger partial charge in [-0.1, -0.05) is 77.6 Å². The summed E-state index contributed by atoms with van der Waals surface area (Å²) in [6.45, 7) is 9.23. The first-order chi connectivity index (χ1) is 20.6. The van der Waals surface area contributed by atoms with E-state index in [4.69, 9.17) is 9.15 Å². The lowest BCUT2D eigenvalue weighted by atomic mass is 9.86. The summed E-state index contributed by atoms with van der Waals surface area (Å²) in [4.78, 5) is 29.4. The molecule has 0 radical (unpaired) electrons. The predicted molar refractivity (Wildman–Crippen MR) is 169 cm³/mol. The van der Waals surface area contributed by atoms with E-state index in [0.29, 0.717) is 11.5 Å². The fourth-order valence-electron chi connectivity index (χ4n) is 4.74. The van der Waals surface area contributed by atoms with E-state index in [-0.39, 0.29) is 11.8 Å². The first-order valence-electron chi connectivity index (χ1n) is 15.1. The van der Waals surface area contributed by atoms with E-state index in [0.717, 1.165) is 46.7 Å². The van der Waals surface area contributed by atoms with Crippen LogP contribution in [0, 0.1) is 0 Å². The molecule has 0 aliphatic heterocycles. The Bertz CT molecular complexity index is 1470. The van der Waals surface area contributed by atoms with Gasteiger partial charge in [0.05, 0.1) is 6.61 Å². The number of ether oxygens (including phenoxy) is 1. The lowest BCUT2D eigenvalue weighted by Crippen LogP contribution is -2.42. The van der Waals surface area contributed by atoms with Gasteiger partial charge in [0, 0.05) is 23.1 Å². The molecule has 0 saturated heterocycles. The molecule has 1 aromatic heterocycles. The van der Waals surface area contributed by atoms with Crippen molar-refractivity contribution in [3.63, 3.8) is 0 Å². The highest BCUT2D eigenvalue weighted by atomic mass is 16.5. The fraction of sp³-hybridized carbons (Fsp3) is 0.361. The molecule has 1 amide bonds. The van der Waals surface area contributed by atoms with Gasteiger partial charge in [-0.2, -0.15) is 0 Å². The molecule has 7 heteroatoms. The lowest BCUT2D eigenvalue weighted by Gasteiger charge is -2.19. The molecule has 3 aromatic carbocycles. The van der Waals surface area contributed by atoms with Gasteiger partial charge in [0.2, 0.25) is 5.89 Å². The van der Waals surface area contributed by atoms with Crippen molar-refractivity contribution in [2.24, 2.45) is 0 Å². The topological polar surface area (TPSA) is 102 Å². The van der Waals surface area contributed by atoms with Gasteiger partial charge in [0.1, 0.15) is 23.7 Å². The fourth-order valence-corrected chi connectivity index (χ4v) is 4.74. The van der Waals surface area contributed by atoms with Crippen molar-refractivity contribution in [1.29, 1.82) is 0 Å². The largest absolute Gasteiger partial charge is 0.494 e. The van der Waals surface area contributed by atoms with Crippen molar-refractivity contribution < 1.29 is 23.8 Å². The van der Waals surface area contributed by atoms with Gasteiger partial charge in [0.25, 0.3) is 5.91 Å². The number of carbonyl (C=O) groups is 2. The van der Waals surface area contributed by atoms with Crippen LogP contribution in [0.5, 0.6) is 5.75 Å². The number of aromatic nitrogens is 1. The number of carbonyl (C=O) groups excluding carboxylic acids is 1. The zero-order chi connectivity index (χ0) is 30.8. The van der Waals surface area contributed by atoms with Crippen LogP contribution in [0.3, 0.4) is 0 Å². The van der Waals surface area contributed by atoms with Crippen molar-refractivity contribution in [2.45, 2.75) is 77.7 Å². The Morgan fingerprint density at radius 3 is 2.16 bits per heavy atom. The normalized spacial score (nSPS) is 12.1. The predicted octanol–water partition coefficient (Wildman–Crippen LogP) is 8.08. The van der Waals surface area contributed by atoms with Crippen molar-refractivity contribution in [2.75, 3.05) is 6.61 Å². The Morgan fingerprint density at radius 1 is 0.884 bits per heavy atom. The van der Waals surface area contributed by atoms with E-state index >= 15 is 0 Å². The number of unbranched alkanes of at least 4 members (excludes halogenated alkanes) is 4. The number of benzene rings is 3. The summed E-state index contributed by atoms with van der Waals surface area (Å²) in [5.74, 6) is -0.202. The smallest absolute Gasteiger partial charge is 0.326 e. The molecule has 2 N–H and O–H groups in total. The van der Waals surface area contributed by atoms with Crippen LogP contribution in [0.15, 0.2) is 83.5 Å². The Labute approximate surface area is 254 Å². The Hall–Kier alpha value is -4.39. The quantitative estimate of drug-likeness (QED) is 0.146. The highest BCUT2D eigenvalue weighted by Crippen LogP contribution is 2.27. The van der Waals surface area contributed by atoms with Crippen molar-refractivity contribution in [3.05, 3.63) is 95.7 Å². The van der Waals surface area contributed by atoms with Crippen LogP contribution < -0.4 is 10.1 Å². The van der Waals surface area contributed by atoms with Crippen LogP contribution in [-0.2, 0) is 16.6 Å². The number of nitrogens with zero attached hydrogens (tertiary/aromatic N) is 1. The molecule has 0 saturated carbocycles. The van der Waals surface area contributed by atoms with Gasteiger partial charge in [-0.3, -0.25) is 4.79 Å². The third-order valence-electron chi connectivity index (χ3n) is 7.43. The lowest BCUT2D eigenvalue weighted by molar-refractivity contribution is -0.139. The number of hydrogen-bond donors (Lipinski definition) is 2. The molecule has 0 aliphatic carbocycles. The van der Waals surface area contributed by atoms with Crippen LogP contribution in [0.2, 0.25) is 0 Å². The molecular weight excluding hydrogens is 540 g/mol.